The molecule has 0 heterocycles. The van der Waals surface area contributed by atoms with E-state index in [0.717, 1.165) is 5.56 Å². The van der Waals surface area contributed by atoms with Crippen molar-refractivity contribution in [2.24, 2.45) is 5.73 Å². The highest BCUT2D eigenvalue weighted by molar-refractivity contribution is 7.89. The van der Waals surface area contributed by atoms with E-state index in [-0.39, 0.29) is 25.3 Å². The molecular weight excluding hydrogens is 292 g/mol. The molecule has 6 nitrogen and oxygen atoms in total. The van der Waals surface area contributed by atoms with Crippen molar-refractivity contribution in [1.82, 2.24) is 4.72 Å². The summed E-state index contributed by atoms with van der Waals surface area (Å²) >= 11 is 0. The monoisotopic (exact) mass is 314 g/mol. The Morgan fingerprint density at radius 3 is 2.57 bits per heavy atom. The summed E-state index contributed by atoms with van der Waals surface area (Å²) in [6, 6.07) is 8.27. The Labute approximate surface area is 125 Å². The van der Waals surface area contributed by atoms with Crippen LogP contribution in [0, 0.1) is 0 Å². The third-order valence-corrected chi connectivity index (χ3v) is 4.26. The van der Waals surface area contributed by atoms with Gasteiger partial charge in [0.15, 0.2) is 0 Å². The Morgan fingerprint density at radius 1 is 1.33 bits per heavy atom. The number of rotatable bonds is 9. The van der Waals surface area contributed by atoms with E-state index in [1.54, 1.807) is 6.92 Å². The van der Waals surface area contributed by atoms with E-state index in [4.69, 9.17) is 10.5 Å². The highest BCUT2D eigenvalue weighted by Crippen LogP contribution is 2.06. The summed E-state index contributed by atoms with van der Waals surface area (Å²) in [6.07, 6.45) is 0.595. The number of nitrogens with one attached hydrogen (secondary N) is 1. The number of nitrogens with two attached hydrogens (primary N) is 1. The molecule has 21 heavy (non-hydrogen) atoms. The molecule has 1 aromatic rings. The molecule has 1 rings (SSSR count). The van der Waals surface area contributed by atoms with Gasteiger partial charge in [-0.2, -0.15) is 0 Å². The lowest BCUT2D eigenvalue weighted by Crippen LogP contribution is -2.44. The normalized spacial score (nSPS) is 12.9. The lowest BCUT2D eigenvalue weighted by atomic mass is 10.1. The third-order valence-electron chi connectivity index (χ3n) is 2.79. The Morgan fingerprint density at radius 2 is 2.00 bits per heavy atom. The van der Waals surface area contributed by atoms with Crippen molar-refractivity contribution in [3.05, 3.63) is 35.9 Å². The van der Waals surface area contributed by atoms with Crippen molar-refractivity contribution >= 4 is 16.0 Å². The fourth-order valence-corrected chi connectivity index (χ4v) is 3.09. The van der Waals surface area contributed by atoms with Gasteiger partial charge in [0.25, 0.3) is 0 Å². The van der Waals surface area contributed by atoms with Crippen LogP contribution in [0.15, 0.2) is 30.3 Å². The summed E-state index contributed by atoms with van der Waals surface area (Å²) in [5, 5.41) is 0. The Kier molecular flexibility index (Phi) is 7.35. The van der Waals surface area contributed by atoms with Crippen molar-refractivity contribution in [2.45, 2.75) is 25.8 Å². The van der Waals surface area contributed by atoms with Crippen molar-refractivity contribution in [3.63, 3.8) is 0 Å². The average Bonchev–Trinajstić information content (AvgIpc) is 2.46. The first-order valence-corrected chi connectivity index (χ1v) is 8.54. The fourth-order valence-electron chi connectivity index (χ4n) is 1.81. The van der Waals surface area contributed by atoms with E-state index < -0.39 is 22.0 Å². The lowest BCUT2D eigenvalue weighted by Gasteiger charge is -2.17. The summed E-state index contributed by atoms with van der Waals surface area (Å²) in [5.74, 6) is -0.675. The SMILES string of the molecule is CCOC(=O)[C@H](Cc1ccccc1)NS(=O)(=O)CCCN. The first-order chi connectivity index (χ1) is 9.98. The van der Waals surface area contributed by atoms with Gasteiger partial charge in [0.05, 0.1) is 12.4 Å². The number of benzene rings is 1. The Balaban J connectivity index is 2.80. The van der Waals surface area contributed by atoms with Gasteiger partial charge in [-0.3, -0.25) is 4.79 Å². The van der Waals surface area contributed by atoms with Crippen LogP contribution in [0.4, 0.5) is 0 Å². The minimum absolute atomic E-state index is 0.103. The lowest BCUT2D eigenvalue weighted by molar-refractivity contribution is -0.145. The zero-order valence-electron chi connectivity index (χ0n) is 12.1. The van der Waals surface area contributed by atoms with Crippen LogP contribution in [-0.2, 0) is 26.0 Å². The van der Waals surface area contributed by atoms with E-state index in [2.05, 4.69) is 4.72 Å². The molecular formula is C14H22N2O4S. The molecule has 0 saturated heterocycles. The minimum atomic E-state index is -3.56. The van der Waals surface area contributed by atoms with E-state index in [1.165, 1.54) is 0 Å². The number of esters is 1. The first kappa shape index (κ1) is 17.6. The molecule has 0 saturated carbocycles. The summed E-state index contributed by atoms with van der Waals surface area (Å²) in [7, 11) is -3.56. The zero-order valence-corrected chi connectivity index (χ0v) is 12.9. The van der Waals surface area contributed by atoms with Gasteiger partial charge in [-0.15, -0.1) is 0 Å². The van der Waals surface area contributed by atoms with Crippen LogP contribution in [0.3, 0.4) is 0 Å². The Bertz CT molecular complexity index is 531. The fraction of sp³-hybridized carbons (Fsp3) is 0.500. The highest BCUT2D eigenvalue weighted by atomic mass is 32.2. The van der Waals surface area contributed by atoms with Crippen LogP contribution >= 0.6 is 0 Å². The molecule has 0 radical (unpaired) electrons. The molecule has 0 aliphatic carbocycles. The standard InChI is InChI=1S/C14H22N2O4S/c1-2-20-14(17)13(11-12-7-4-3-5-8-12)16-21(18,19)10-6-9-15/h3-5,7-8,13,16H,2,6,9-11,15H2,1H3/t13-/m0/s1. The molecule has 1 aromatic carbocycles. The predicted octanol–water partition coefficient (Wildman–Crippen LogP) is 0.429. The minimum Gasteiger partial charge on any atom is -0.465 e. The number of carbonyl (C=O) groups is 1. The first-order valence-electron chi connectivity index (χ1n) is 6.89. The van der Waals surface area contributed by atoms with Crippen molar-refractivity contribution in [2.75, 3.05) is 18.9 Å². The van der Waals surface area contributed by atoms with E-state index >= 15 is 0 Å². The number of carbonyl (C=O) groups excluding carboxylic acids is 1. The zero-order chi connectivity index (χ0) is 15.7. The number of ether oxygens (including phenoxy) is 1. The summed E-state index contributed by atoms with van der Waals surface area (Å²) < 4.78 is 31.2. The number of hydrogen-bond acceptors (Lipinski definition) is 5. The smallest absolute Gasteiger partial charge is 0.324 e. The Hall–Kier alpha value is -1.44. The van der Waals surface area contributed by atoms with Gasteiger partial charge >= 0.3 is 5.97 Å². The van der Waals surface area contributed by atoms with Crippen LogP contribution in [0.1, 0.15) is 18.9 Å². The topological polar surface area (TPSA) is 98.5 Å². The van der Waals surface area contributed by atoms with Crippen molar-refractivity contribution < 1.29 is 17.9 Å². The van der Waals surface area contributed by atoms with Crippen LogP contribution in [0.2, 0.25) is 0 Å². The maximum Gasteiger partial charge on any atom is 0.324 e. The summed E-state index contributed by atoms with van der Waals surface area (Å²) in [6.45, 7) is 2.17. The molecule has 0 aliphatic rings. The maximum absolute atomic E-state index is 11.9. The predicted molar refractivity (Wildman–Crippen MR) is 81.2 cm³/mol. The van der Waals surface area contributed by atoms with Crippen LogP contribution in [0.25, 0.3) is 0 Å². The highest BCUT2D eigenvalue weighted by Gasteiger charge is 2.25. The molecule has 3 N–H and O–H groups in total. The van der Waals surface area contributed by atoms with Crippen LogP contribution in [0.5, 0.6) is 0 Å². The van der Waals surface area contributed by atoms with Crippen molar-refractivity contribution in [3.8, 4) is 0 Å². The van der Waals surface area contributed by atoms with Crippen LogP contribution < -0.4 is 10.5 Å². The number of hydrogen-bond donors (Lipinski definition) is 2. The van der Waals surface area contributed by atoms with Crippen LogP contribution in [-0.4, -0.2) is 39.3 Å². The van der Waals surface area contributed by atoms with E-state index in [9.17, 15) is 13.2 Å². The molecule has 7 heteroatoms. The molecule has 0 aromatic heterocycles. The quantitative estimate of drug-likeness (QED) is 0.644. The third kappa shape index (κ3) is 6.70. The van der Waals surface area contributed by atoms with Crippen molar-refractivity contribution in [1.29, 1.82) is 0 Å². The molecule has 0 fully saturated rings. The van der Waals surface area contributed by atoms with Gasteiger partial charge < -0.3 is 10.5 Å². The molecule has 0 spiro atoms. The molecule has 0 aliphatic heterocycles. The van der Waals surface area contributed by atoms with Gasteiger partial charge in [-0.1, -0.05) is 30.3 Å². The van der Waals surface area contributed by atoms with Gasteiger partial charge in [0.2, 0.25) is 10.0 Å². The molecule has 0 unspecified atom stereocenters. The average molecular weight is 314 g/mol. The van der Waals surface area contributed by atoms with Gasteiger partial charge in [-0.25, -0.2) is 13.1 Å². The maximum atomic E-state index is 11.9. The second-order valence-corrected chi connectivity index (χ2v) is 6.45. The van der Waals surface area contributed by atoms with E-state index in [0.29, 0.717) is 6.42 Å². The van der Waals surface area contributed by atoms with Gasteiger partial charge in [-0.05, 0) is 31.9 Å². The molecule has 0 bridgehead atoms. The second kappa shape index (κ2) is 8.76. The molecule has 1 atom stereocenters. The van der Waals surface area contributed by atoms with Gasteiger partial charge in [0, 0.05) is 0 Å². The summed E-state index contributed by atoms with van der Waals surface area (Å²) in [4.78, 5) is 11.9. The second-order valence-electron chi connectivity index (χ2n) is 4.57. The molecule has 118 valence electrons. The molecule has 0 amide bonds. The summed E-state index contributed by atoms with van der Waals surface area (Å²) in [5.41, 5.74) is 6.17. The number of sulfonamides is 1. The largest absolute Gasteiger partial charge is 0.465 e. The van der Waals surface area contributed by atoms with Gasteiger partial charge in [0.1, 0.15) is 6.04 Å². The van der Waals surface area contributed by atoms with E-state index in [1.807, 2.05) is 30.3 Å².